The average molecular weight is 183 g/mol. The van der Waals surface area contributed by atoms with E-state index in [0.717, 1.165) is 16.1 Å². The molecule has 1 aromatic rings. The molecule has 0 amide bonds. The smallest absolute Gasteiger partial charge is 0.152 e. The second-order valence-corrected chi connectivity index (χ2v) is 4.06. The third kappa shape index (κ3) is 1.93. The Balaban J connectivity index is 3.02. The number of rotatable bonds is 2. The Bertz CT molecular complexity index is 273. The molecular formula is C9H13NOS. The quantitative estimate of drug-likeness (QED) is 0.709. The first-order chi connectivity index (χ1) is 5.65. The highest BCUT2D eigenvalue weighted by Gasteiger charge is 2.05. The van der Waals surface area contributed by atoms with Gasteiger partial charge in [0.2, 0.25) is 0 Å². The van der Waals surface area contributed by atoms with Crippen molar-refractivity contribution in [2.24, 2.45) is 0 Å². The molecule has 0 saturated heterocycles. The van der Waals surface area contributed by atoms with Gasteiger partial charge in [0, 0.05) is 12.7 Å². The number of hydrogen-bond acceptors (Lipinski definition) is 2. The lowest BCUT2D eigenvalue weighted by molar-refractivity contribution is 0.601. The van der Waals surface area contributed by atoms with E-state index < -0.39 is 11.2 Å². The average Bonchev–Trinajstić information content (AvgIpc) is 2.04. The fourth-order valence-corrected chi connectivity index (χ4v) is 1.70. The molecule has 1 aromatic carbocycles. The fourth-order valence-electron chi connectivity index (χ4n) is 1.10. The summed E-state index contributed by atoms with van der Waals surface area (Å²) in [7, 11) is 1.88. The van der Waals surface area contributed by atoms with Gasteiger partial charge in [0.1, 0.15) is 6.26 Å². The second kappa shape index (κ2) is 3.83. The number of anilines is 1. The SMILES string of the molecule is CNc1ccc([S+](C)[O-])cc1C. The summed E-state index contributed by atoms with van der Waals surface area (Å²) in [6.45, 7) is 2.00. The molecule has 1 N–H and O–H groups in total. The number of benzene rings is 1. The standard InChI is InChI=1S/C9H13NOS/c1-7-6-8(12(3)11)4-5-9(7)10-2/h4-6,10H,1-3H3. The number of aryl methyl sites for hydroxylation is 1. The van der Waals surface area contributed by atoms with Crippen LogP contribution in [0.2, 0.25) is 0 Å². The zero-order valence-electron chi connectivity index (χ0n) is 7.55. The van der Waals surface area contributed by atoms with Crippen LogP contribution in [0.3, 0.4) is 0 Å². The first-order valence-corrected chi connectivity index (χ1v) is 5.33. The van der Waals surface area contributed by atoms with E-state index in [2.05, 4.69) is 5.32 Å². The molecule has 12 heavy (non-hydrogen) atoms. The summed E-state index contributed by atoms with van der Waals surface area (Å²) in [5, 5.41) is 3.06. The Morgan fingerprint density at radius 3 is 2.50 bits per heavy atom. The topological polar surface area (TPSA) is 35.1 Å². The second-order valence-electron chi connectivity index (χ2n) is 2.68. The molecule has 0 heterocycles. The summed E-state index contributed by atoms with van der Waals surface area (Å²) in [5.74, 6) is 0. The van der Waals surface area contributed by atoms with E-state index in [-0.39, 0.29) is 0 Å². The minimum atomic E-state index is -0.877. The van der Waals surface area contributed by atoms with Crippen LogP contribution < -0.4 is 5.32 Å². The van der Waals surface area contributed by atoms with Gasteiger partial charge in [0.25, 0.3) is 0 Å². The molecule has 0 radical (unpaired) electrons. The van der Waals surface area contributed by atoms with Gasteiger partial charge in [-0.05, 0) is 41.9 Å². The van der Waals surface area contributed by atoms with Crippen LogP contribution in [0.5, 0.6) is 0 Å². The molecule has 2 nitrogen and oxygen atoms in total. The van der Waals surface area contributed by atoms with Crippen LogP contribution in [0, 0.1) is 6.92 Å². The first kappa shape index (κ1) is 9.42. The van der Waals surface area contributed by atoms with Gasteiger partial charge in [-0.25, -0.2) is 0 Å². The maximum atomic E-state index is 11.1. The van der Waals surface area contributed by atoms with Crippen LogP contribution in [0.25, 0.3) is 0 Å². The van der Waals surface area contributed by atoms with Gasteiger partial charge in [-0.2, -0.15) is 0 Å². The molecule has 0 aliphatic carbocycles. The van der Waals surface area contributed by atoms with E-state index >= 15 is 0 Å². The van der Waals surface area contributed by atoms with Crippen molar-refractivity contribution < 1.29 is 4.55 Å². The Morgan fingerprint density at radius 2 is 2.08 bits per heavy atom. The first-order valence-electron chi connectivity index (χ1n) is 3.77. The molecule has 1 rings (SSSR count). The predicted octanol–water partition coefficient (Wildman–Crippen LogP) is 1.77. The number of hydrogen-bond donors (Lipinski definition) is 1. The third-order valence-corrected chi connectivity index (χ3v) is 2.72. The molecular weight excluding hydrogens is 170 g/mol. The van der Waals surface area contributed by atoms with Crippen LogP contribution in [0.4, 0.5) is 5.69 Å². The zero-order chi connectivity index (χ0) is 9.14. The Kier molecular flexibility index (Phi) is 3.00. The molecule has 0 aromatic heterocycles. The molecule has 1 atom stereocenters. The van der Waals surface area contributed by atoms with Crippen molar-refractivity contribution in [2.75, 3.05) is 18.6 Å². The largest absolute Gasteiger partial charge is 0.612 e. The van der Waals surface area contributed by atoms with E-state index in [9.17, 15) is 4.55 Å². The van der Waals surface area contributed by atoms with Crippen molar-refractivity contribution >= 4 is 16.9 Å². The summed E-state index contributed by atoms with van der Waals surface area (Å²) in [6, 6.07) is 5.78. The van der Waals surface area contributed by atoms with Gasteiger partial charge in [0.05, 0.1) is 0 Å². The summed E-state index contributed by atoms with van der Waals surface area (Å²) < 4.78 is 11.1. The molecule has 0 saturated carbocycles. The minimum Gasteiger partial charge on any atom is -0.612 e. The highest BCUT2D eigenvalue weighted by molar-refractivity contribution is 7.90. The van der Waals surface area contributed by atoms with Crippen molar-refractivity contribution in [3.05, 3.63) is 23.8 Å². The molecule has 0 spiro atoms. The van der Waals surface area contributed by atoms with Crippen LogP contribution in [-0.4, -0.2) is 17.9 Å². The van der Waals surface area contributed by atoms with Crippen molar-refractivity contribution in [1.29, 1.82) is 0 Å². The van der Waals surface area contributed by atoms with Crippen molar-refractivity contribution in [2.45, 2.75) is 11.8 Å². The van der Waals surface area contributed by atoms with Gasteiger partial charge < -0.3 is 9.87 Å². The monoisotopic (exact) mass is 183 g/mol. The molecule has 0 aliphatic heterocycles. The number of nitrogens with one attached hydrogen (secondary N) is 1. The van der Waals surface area contributed by atoms with Gasteiger partial charge in [0.15, 0.2) is 4.90 Å². The summed E-state index contributed by atoms with van der Waals surface area (Å²) in [6.07, 6.45) is 1.69. The summed E-state index contributed by atoms with van der Waals surface area (Å²) >= 11 is -0.877. The molecule has 1 unspecified atom stereocenters. The van der Waals surface area contributed by atoms with E-state index in [1.807, 2.05) is 32.2 Å². The van der Waals surface area contributed by atoms with Crippen molar-refractivity contribution in [3.63, 3.8) is 0 Å². The highest BCUT2D eigenvalue weighted by Crippen LogP contribution is 2.18. The molecule has 0 aliphatic rings. The molecule has 0 bridgehead atoms. The van der Waals surface area contributed by atoms with E-state index in [1.165, 1.54) is 0 Å². The lowest BCUT2D eigenvalue weighted by Crippen LogP contribution is -1.99. The Morgan fingerprint density at radius 1 is 1.42 bits per heavy atom. The Hall–Kier alpha value is -0.670. The summed E-state index contributed by atoms with van der Waals surface area (Å²) in [5.41, 5.74) is 2.22. The fraction of sp³-hybridized carbons (Fsp3) is 0.333. The predicted molar refractivity (Wildman–Crippen MR) is 53.1 cm³/mol. The molecule has 3 heteroatoms. The lowest BCUT2D eigenvalue weighted by Gasteiger charge is -2.08. The maximum Gasteiger partial charge on any atom is 0.152 e. The van der Waals surface area contributed by atoms with Gasteiger partial charge in [-0.15, -0.1) is 0 Å². The third-order valence-electron chi connectivity index (χ3n) is 1.80. The van der Waals surface area contributed by atoms with Gasteiger partial charge >= 0.3 is 0 Å². The molecule has 0 fully saturated rings. The normalized spacial score (nSPS) is 12.7. The molecule has 66 valence electrons. The van der Waals surface area contributed by atoms with Crippen molar-refractivity contribution in [1.82, 2.24) is 0 Å². The maximum absolute atomic E-state index is 11.1. The van der Waals surface area contributed by atoms with Gasteiger partial charge in [-0.1, -0.05) is 0 Å². The van der Waals surface area contributed by atoms with E-state index in [0.29, 0.717) is 0 Å². The van der Waals surface area contributed by atoms with Crippen LogP contribution in [-0.2, 0) is 11.2 Å². The zero-order valence-corrected chi connectivity index (χ0v) is 8.37. The highest BCUT2D eigenvalue weighted by atomic mass is 32.2. The minimum absolute atomic E-state index is 0.877. The van der Waals surface area contributed by atoms with Gasteiger partial charge in [-0.3, -0.25) is 0 Å². The van der Waals surface area contributed by atoms with Crippen LogP contribution in [0.15, 0.2) is 23.1 Å². The van der Waals surface area contributed by atoms with E-state index in [1.54, 1.807) is 6.26 Å². The van der Waals surface area contributed by atoms with Crippen LogP contribution in [0.1, 0.15) is 5.56 Å². The lowest BCUT2D eigenvalue weighted by atomic mass is 10.2. The van der Waals surface area contributed by atoms with Crippen LogP contribution >= 0.6 is 0 Å². The van der Waals surface area contributed by atoms with Crippen molar-refractivity contribution in [3.8, 4) is 0 Å². The summed E-state index contributed by atoms with van der Waals surface area (Å²) in [4.78, 5) is 0.881. The Labute approximate surface area is 76.2 Å². The van der Waals surface area contributed by atoms with E-state index in [4.69, 9.17) is 0 Å².